The van der Waals surface area contributed by atoms with Gasteiger partial charge in [-0.15, -0.1) is 0 Å². The van der Waals surface area contributed by atoms with Gasteiger partial charge in [0.1, 0.15) is 0 Å². The number of pyridine rings is 1. The number of amides is 1. The molecule has 1 aromatic carbocycles. The van der Waals surface area contributed by atoms with Gasteiger partial charge in [-0.2, -0.15) is 13.2 Å². The van der Waals surface area contributed by atoms with E-state index >= 15 is 0 Å². The molecule has 6 nitrogen and oxygen atoms in total. The minimum absolute atomic E-state index is 0.0112. The average molecular weight is 451 g/mol. The van der Waals surface area contributed by atoms with Crippen LogP contribution in [0.3, 0.4) is 0 Å². The molecule has 0 aliphatic heterocycles. The molecule has 1 fully saturated rings. The second-order valence-electron chi connectivity index (χ2n) is 7.41. The number of halogens is 4. The highest BCUT2D eigenvalue weighted by molar-refractivity contribution is 6.35. The Hall–Kier alpha value is -2.94. The van der Waals surface area contributed by atoms with Crippen LogP contribution in [0.4, 0.5) is 13.2 Å². The molecule has 162 valence electrons. The molecule has 3 atom stereocenters. The van der Waals surface area contributed by atoms with Crippen LogP contribution in [0.2, 0.25) is 5.02 Å². The maximum absolute atomic E-state index is 12.6. The predicted molar refractivity (Wildman–Crippen MR) is 108 cm³/mol. The number of nitrogens with one attached hydrogen (secondary N) is 1. The number of alkyl halides is 3. The van der Waals surface area contributed by atoms with E-state index in [1.54, 1.807) is 13.0 Å². The smallest absolute Gasteiger partial charge is 0.422 e. The number of benzene rings is 1. The molecule has 0 radical (unpaired) electrons. The van der Waals surface area contributed by atoms with Crippen molar-refractivity contribution in [1.82, 2.24) is 20.3 Å². The average Bonchev–Trinajstić information content (AvgIpc) is 3.53. The fraction of sp³-hybridized carbons (Fsp3) is 0.333. The zero-order valence-corrected chi connectivity index (χ0v) is 17.1. The van der Waals surface area contributed by atoms with Crippen molar-refractivity contribution in [3.05, 3.63) is 59.1 Å². The molecule has 0 spiro atoms. The van der Waals surface area contributed by atoms with Gasteiger partial charge in [0.15, 0.2) is 6.61 Å². The molecule has 31 heavy (non-hydrogen) atoms. The van der Waals surface area contributed by atoms with E-state index in [9.17, 15) is 18.0 Å². The Balaban J connectivity index is 1.35. The van der Waals surface area contributed by atoms with Crippen LogP contribution < -0.4 is 10.1 Å². The first kappa shape index (κ1) is 21.3. The molecule has 0 bridgehead atoms. The van der Waals surface area contributed by atoms with E-state index in [0.717, 1.165) is 17.3 Å². The van der Waals surface area contributed by atoms with E-state index in [1.165, 1.54) is 6.20 Å². The number of hydrogen-bond donors (Lipinski definition) is 1. The number of carbonyl (C=O) groups excluding carboxylic acids is 1. The first-order chi connectivity index (χ1) is 14.7. The van der Waals surface area contributed by atoms with Crippen molar-refractivity contribution in [3.8, 4) is 5.88 Å². The highest BCUT2D eigenvalue weighted by atomic mass is 35.5. The maximum atomic E-state index is 12.6. The summed E-state index contributed by atoms with van der Waals surface area (Å²) in [5, 5.41) is 4.37. The molecule has 1 aliphatic carbocycles. The summed E-state index contributed by atoms with van der Waals surface area (Å²) in [5.41, 5.74) is 1.95. The zero-order chi connectivity index (χ0) is 22.2. The van der Waals surface area contributed by atoms with Crippen molar-refractivity contribution in [3.63, 3.8) is 0 Å². The summed E-state index contributed by atoms with van der Waals surface area (Å²) in [5.74, 6) is -0.574. The quantitative estimate of drug-likeness (QED) is 0.594. The first-order valence-electron chi connectivity index (χ1n) is 9.58. The monoisotopic (exact) mass is 450 g/mol. The minimum Gasteiger partial charge on any atom is -0.467 e. The Morgan fingerprint density at radius 2 is 2.06 bits per heavy atom. The lowest BCUT2D eigenvalue weighted by Crippen LogP contribution is -2.29. The number of nitrogens with zero attached hydrogens (tertiary/aromatic N) is 3. The lowest BCUT2D eigenvalue weighted by molar-refractivity contribution is -0.154. The highest BCUT2D eigenvalue weighted by Gasteiger charge is 2.45. The van der Waals surface area contributed by atoms with Gasteiger partial charge >= 0.3 is 6.18 Å². The van der Waals surface area contributed by atoms with Gasteiger partial charge in [0.2, 0.25) is 11.8 Å². The number of ether oxygens (including phenoxy) is 1. The van der Waals surface area contributed by atoms with Crippen LogP contribution in [0.25, 0.3) is 10.9 Å². The molecule has 1 N–H and O–H groups in total. The summed E-state index contributed by atoms with van der Waals surface area (Å²) >= 11 is 6.22. The van der Waals surface area contributed by atoms with E-state index in [1.807, 2.05) is 24.3 Å². The second kappa shape index (κ2) is 8.30. The zero-order valence-electron chi connectivity index (χ0n) is 16.4. The Morgan fingerprint density at radius 3 is 2.77 bits per heavy atom. The van der Waals surface area contributed by atoms with Crippen LogP contribution in [-0.2, 0) is 4.79 Å². The van der Waals surface area contributed by atoms with Gasteiger partial charge in [0.25, 0.3) is 0 Å². The van der Waals surface area contributed by atoms with Crippen molar-refractivity contribution in [2.45, 2.75) is 31.5 Å². The maximum Gasteiger partial charge on any atom is 0.422 e. The molecule has 1 aliphatic rings. The normalized spacial score (nSPS) is 19.1. The van der Waals surface area contributed by atoms with Crippen molar-refractivity contribution >= 4 is 28.4 Å². The van der Waals surface area contributed by atoms with Gasteiger partial charge in [-0.25, -0.2) is 4.98 Å². The number of aromatic nitrogens is 3. The van der Waals surface area contributed by atoms with Crippen LogP contribution in [-0.4, -0.2) is 33.6 Å². The molecule has 1 amide bonds. The minimum atomic E-state index is -4.45. The van der Waals surface area contributed by atoms with Crippen LogP contribution in [0.15, 0.2) is 42.7 Å². The Bertz CT molecular complexity index is 1110. The molecular weight excluding hydrogens is 433 g/mol. The van der Waals surface area contributed by atoms with E-state index in [-0.39, 0.29) is 23.6 Å². The largest absolute Gasteiger partial charge is 0.467 e. The second-order valence-corrected chi connectivity index (χ2v) is 7.82. The highest BCUT2D eigenvalue weighted by Crippen LogP contribution is 2.47. The topological polar surface area (TPSA) is 77.0 Å². The van der Waals surface area contributed by atoms with E-state index in [2.05, 4.69) is 25.0 Å². The van der Waals surface area contributed by atoms with Crippen LogP contribution in [0.5, 0.6) is 5.88 Å². The lowest BCUT2D eigenvalue weighted by Gasteiger charge is -2.14. The fourth-order valence-corrected chi connectivity index (χ4v) is 3.54. The molecule has 1 unspecified atom stereocenters. The van der Waals surface area contributed by atoms with Crippen molar-refractivity contribution in [1.29, 1.82) is 0 Å². The van der Waals surface area contributed by atoms with Gasteiger partial charge in [-0.05, 0) is 25.5 Å². The molecule has 4 rings (SSSR count). The third-order valence-electron chi connectivity index (χ3n) is 5.03. The summed E-state index contributed by atoms with van der Waals surface area (Å²) < 4.78 is 41.1. The van der Waals surface area contributed by atoms with E-state index in [4.69, 9.17) is 11.6 Å². The summed E-state index contributed by atoms with van der Waals surface area (Å²) in [6, 6.07) is 8.95. The fourth-order valence-electron chi connectivity index (χ4n) is 3.32. The third-order valence-corrected chi connectivity index (χ3v) is 5.34. The molecule has 0 saturated heterocycles. The number of fused-ring (bicyclic) bond motifs is 1. The Labute approximate surface area is 180 Å². The van der Waals surface area contributed by atoms with Gasteiger partial charge in [0, 0.05) is 22.9 Å². The predicted octanol–water partition coefficient (Wildman–Crippen LogP) is 4.60. The lowest BCUT2D eigenvalue weighted by atomic mass is 10.1. The van der Waals surface area contributed by atoms with Gasteiger partial charge in [0.05, 0.1) is 34.7 Å². The molecule has 2 aromatic heterocycles. The van der Waals surface area contributed by atoms with Crippen molar-refractivity contribution in [2.75, 3.05) is 6.61 Å². The van der Waals surface area contributed by atoms with E-state index < -0.39 is 18.8 Å². The standard InChI is InChI=1S/C21H18ClF3N4O2/c1-11(17-8-27-18(9-26-17)31-10-21(23,24)25)28-20(30)14-7-13(14)16-6-5-12-3-2-4-15(22)19(12)29-16/h2-6,8-9,11,13-14H,7,10H2,1H3,(H,28,30)/t11?,13-,14-/m0/s1. The molecule has 3 aromatic rings. The summed E-state index contributed by atoms with van der Waals surface area (Å²) in [6.07, 6.45) is -1.38. The summed E-state index contributed by atoms with van der Waals surface area (Å²) in [7, 11) is 0. The van der Waals surface area contributed by atoms with Crippen LogP contribution >= 0.6 is 11.6 Å². The summed E-state index contributed by atoms with van der Waals surface area (Å²) in [6.45, 7) is 0.286. The SMILES string of the molecule is CC(NC(=O)[C@H]1C[C@@H]1c1ccc2cccc(Cl)c2n1)c1cnc(OCC(F)(F)F)cn1. The van der Waals surface area contributed by atoms with Gasteiger partial charge in [-0.1, -0.05) is 29.8 Å². The van der Waals surface area contributed by atoms with Crippen molar-refractivity contribution in [2.24, 2.45) is 5.92 Å². The number of rotatable bonds is 6. The van der Waals surface area contributed by atoms with Crippen LogP contribution in [0.1, 0.15) is 36.7 Å². The van der Waals surface area contributed by atoms with Crippen LogP contribution in [0, 0.1) is 5.92 Å². The number of para-hydroxylation sites is 1. The van der Waals surface area contributed by atoms with Gasteiger partial charge in [-0.3, -0.25) is 14.8 Å². The van der Waals surface area contributed by atoms with Crippen molar-refractivity contribution < 1.29 is 22.7 Å². The summed E-state index contributed by atoms with van der Waals surface area (Å²) in [4.78, 5) is 25.1. The van der Waals surface area contributed by atoms with Gasteiger partial charge < -0.3 is 10.1 Å². The molecule has 1 saturated carbocycles. The number of hydrogen-bond acceptors (Lipinski definition) is 5. The Kier molecular flexibility index (Phi) is 5.70. The molecule has 2 heterocycles. The van der Waals surface area contributed by atoms with E-state index in [0.29, 0.717) is 22.7 Å². The number of carbonyl (C=O) groups is 1. The molecule has 10 heteroatoms. The third kappa shape index (κ3) is 5.04. The molecular formula is C21H18ClF3N4O2. The first-order valence-corrected chi connectivity index (χ1v) is 9.96. The Morgan fingerprint density at radius 1 is 1.26 bits per heavy atom.